The van der Waals surface area contributed by atoms with E-state index in [9.17, 15) is 4.79 Å². The first-order chi connectivity index (χ1) is 13.8. The van der Waals surface area contributed by atoms with Gasteiger partial charge in [0.25, 0.3) is 11.8 Å². The maximum Gasteiger partial charge on any atom is 0.272 e. The number of para-hydroxylation sites is 1. The summed E-state index contributed by atoms with van der Waals surface area (Å²) in [6.07, 6.45) is 4.07. The van der Waals surface area contributed by atoms with Gasteiger partial charge in [-0.05, 0) is 37.8 Å². The molecule has 28 heavy (non-hydrogen) atoms. The Labute approximate surface area is 162 Å². The van der Waals surface area contributed by atoms with Gasteiger partial charge in [0, 0.05) is 24.4 Å². The minimum Gasteiger partial charge on any atom is -0.367 e. The highest BCUT2D eigenvalue weighted by Crippen LogP contribution is 2.38. The van der Waals surface area contributed by atoms with E-state index < -0.39 is 0 Å². The summed E-state index contributed by atoms with van der Waals surface area (Å²) in [6, 6.07) is 11.6. The SMILES string of the molecule is O=C(c1ccc2ccccc2n1)N1CCCC(OCc2nc(C3CC3)no2)C1. The van der Waals surface area contributed by atoms with Crippen molar-refractivity contribution < 1.29 is 14.1 Å². The van der Waals surface area contributed by atoms with Crippen LogP contribution in [-0.4, -0.2) is 45.1 Å². The van der Waals surface area contributed by atoms with Gasteiger partial charge in [-0.1, -0.05) is 29.4 Å². The molecule has 1 aliphatic heterocycles. The molecule has 1 saturated carbocycles. The molecule has 1 aromatic carbocycles. The van der Waals surface area contributed by atoms with Crippen molar-refractivity contribution in [1.29, 1.82) is 0 Å². The van der Waals surface area contributed by atoms with Crippen molar-refractivity contribution in [1.82, 2.24) is 20.0 Å². The zero-order valence-electron chi connectivity index (χ0n) is 15.6. The van der Waals surface area contributed by atoms with E-state index in [4.69, 9.17) is 9.26 Å². The van der Waals surface area contributed by atoms with E-state index in [-0.39, 0.29) is 12.0 Å². The first-order valence-electron chi connectivity index (χ1n) is 9.85. The second-order valence-electron chi connectivity index (χ2n) is 7.54. The van der Waals surface area contributed by atoms with Crippen LogP contribution in [0.1, 0.15) is 53.8 Å². The molecule has 144 valence electrons. The van der Waals surface area contributed by atoms with E-state index in [0.29, 0.717) is 30.7 Å². The van der Waals surface area contributed by atoms with Crippen molar-refractivity contribution in [3.05, 3.63) is 53.8 Å². The van der Waals surface area contributed by atoms with Crippen molar-refractivity contribution in [3.8, 4) is 0 Å². The maximum absolute atomic E-state index is 12.9. The number of carbonyl (C=O) groups excluding carboxylic acids is 1. The van der Waals surface area contributed by atoms with Crippen LogP contribution in [0.5, 0.6) is 0 Å². The second kappa shape index (κ2) is 7.31. The summed E-state index contributed by atoms with van der Waals surface area (Å²) in [5, 5.41) is 5.04. The van der Waals surface area contributed by atoms with Crippen LogP contribution in [0, 0.1) is 0 Å². The van der Waals surface area contributed by atoms with Crippen molar-refractivity contribution >= 4 is 16.8 Å². The molecule has 3 heterocycles. The third-order valence-corrected chi connectivity index (χ3v) is 5.35. The molecule has 2 fully saturated rings. The van der Waals surface area contributed by atoms with E-state index in [1.807, 2.05) is 35.2 Å². The number of piperidine rings is 1. The predicted molar refractivity (Wildman–Crippen MR) is 102 cm³/mol. The number of nitrogens with zero attached hydrogens (tertiary/aromatic N) is 4. The van der Waals surface area contributed by atoms with Gasteiger partial charge in [-0.25, -0.2) is 4.98 Å². The molecule has 3 aromatic rings. The zero-order chi connectivity index (χ0) is 18.9. The van der Waals surface area contributed by atoms with E-state index in [2.05, 4.69) is 15.1 Å². The standard InChI is InChI=1S/C21H22N4O3/c26-21(18-10-9-14-4-1-2-6-17(14)22-18)25-11-3-5-16(12-25)27-13-19-23-20(24-28-19)15-7-8-15/h1-2,4,6,9-10,15-16H,3,5,7-8,11-13H2. The van der Waals surface area contributed by atoms with Crippen LogP contribution in [0.25, 0.3) is 10.9 Å². The fraction of sp³-hybridized carbons (Fsp3) is 0.429. The van der Waals surface area contributed by atoms with Gasteiger partial charge < -0.3 is 14.2 Å². The highest BCUT2D eigenvalue weighted by Gasteiger charge is 2.29. The molecular formula is C21H22N4O3. The molecule has 1 saturated heterocycles. The lowest BCUT2D eigenvalue weighted by Gasteiger charge is -2.32. The molecule has 1 aliphatic carbocycles. The number of aromatic nitrogens is 3. The highest BCUT2D eigenvalue weighted by atomic mass is 16.5. The summed E-state index contributed by atoms with van der Waals surface area (Å²) in [5.41, 5.74) is 1.31. The Morgan fingerprint density at radius 2 is 2.04 bits per heavy atom. The lowest BCUT2D eigenvalue weighted by Crippen LogP contribution is -2.43. The Morgan fingerprint density at radius 1 is 1.14 bits per heavy atom. The van der Waals surface area contributed by atoms with Crippen molar-refractivity contribution in [2.24, 2.45) is 0 Å². The fourth-order valence-electron chi connectivity index (χ4n) is 3.63. The summed E-state index contributed by atoms with van der Waals surface area (Å²) in [6.45, 7) is 1.57. The van der Waals surface area contributed by atoms with Gasteiger partial charge in [-0.3, -0.25) is 4.79 Å². The molecule has 0 radical (unpaired) electrons. The molecule has 1 atom stereocenters. The van der Waals surface area contributed by atoms with Crippen molar-refractivity contribution in [2.45, 2.75) is 44.3 Å². The van der Waals surface area contributed by atoms with Crippen LogP contribution in [0.2, 0.25) is 0 Å². The van der Waals surface area contributed by atoms with Gasteiger partial charge in [0.15, 0.2) is 5.82 Å². The largest absolute Gasteiger partial charge is 0.367 e. The molecule has 2 aliphatic rings. The number of hydrogen-bond acceptors (Lipinski definition) is 6. The average Bonchev–Trinajstić information content (AvgIpc) is 3.49. The number of amides is 1. The van der Waals surface area contributed by atoms with Crippen LogP contribution in [-0.2, 0) is 11.3 Å². The number of hydrogen-bond donors (Lipinski definition) is 0. The van der Waals surface area contributed by atoms with Crippen LogP contribution in [0.3, 0.4) is 0 Å². The quantitative estimate of drug-likeness (QED) is 0.677. The Kier molecular flexibility index (Phi) is 4.52. The van der Waals surface area contributed by atoms with E-state index >= 15 is 0 Å². The topological polar surface area (TPSA) is 81.4 Å². The Morgan fingerprint density at radius 3 is 2.93 bits per heavy atom. The maximum atomic E-state index is 12.9. The van der Waals surface area contributed by atoms with Gasteiger partial charge in [0.2, 0.25) is 0 Å². The summed E-state index contributed by atoms with van der Waals surface area (Å²) in [7, 11) is 0. The van der Waals surface area contributed by atoms with Crippen molar-refractivity contribution in [2.75, 3.05) is 13.1 Å². The van der Waals surface area contributed by atoms with Crippen molar-refractivity contribution in [3.63, 3.8) is 0 Å². The van der Waals surface area contributed by atoms with Gasteiger partial charge in [-0.15, -0.1) is 0 Å². The molecule has 0 bridgehead atoms. The number of rotatable bonds is 5. The average molecular weight is 378 g/mol. The molecule has 2 aromatic heterocycles. The van der Waals surface area contributed by atoms with Crippen LogP contribution in [0.4, 0.5) is 0 Å². The molecule has 1 amide bonds. The van der Waals surface area contributed by atoms with Crippen LogP contribution >= 0.6 is 0 Å². The van der Waals surface area contributed by atoms with Gasteiger partial charge in [-0.2, -0.15) is 4.98 Å². The first kappa shape index (κ1) is 17.3. The van der Waals surface area contributed by atoms with Gasteiger partial charge in [0.05, 0.1) is 11.6 Å². The van der Waals surface area contributed by atoms with E-state index in [0.717, 1.165) is 49.0 Å². The van der Waals surface area contributed by atoms with Gasteiger partial charge in [0.1, 0.15) is 12.3 Å². The van der Waals surface area contributed by atoms with E-state index in [1.165, 1.54) is 0 Å². The number of ether oxygens (including phenoxy) is 1. The highest BCUT2D eigenvalue weighted by molar-refractivity contribution is 5.95. The minimum absolute atomic E-state index is 0.0329. The number of likely N-dealkylation sites (tertiary alicyclic amines) is 1. The summed E-state index contributed by atoms with van der Waals surface area (Å²) in [5.74, 6) is 1.73. The third-order valence-electron chi connectivity index (χ3n) is 5.35. The Bertz CT molecular complexity index is 998. The number of benzene rings is 1. The lowest BCUT2D eigenvalue weighted by molar-refractivity contribution is -0.0155. The molecule has 0 N–H and O–H groups in total. The predicted octanol–water partition coefficient (Wildman–Crippen LogP) is 3.32. The normalized spacial score (nSPS) is 19.9. The molecule has 7 heteroatoms. The monoisotopic (exact) mass is 378 g/mol. The van der Waals surface area contributed by atoms with Crippen LogP contribution < -0.4 is 0 Å². The first-order valence-corrected chi connectivity index (χ1v) is 9.85. The minimum atomic E-state index is -0.0483. The molecule has 7 nitrogen and oxygen atoms in total. The third kappa shape index (κ3) is 3.62. The molecule has 1 unspecified atom stereocenters. The summed E-state index contributed by atoms with van der Waals surface area (Å²) >= 11 is 0. The summed E-state index contributed by atoms with van der Waals surface area (Å²) < 4.78 is 11.2. The lowest BCUT2D eigenvalue weighted by atomic mass is 10.1. The second-order valence-corrected chi connectivity index (χ2v) is 7.54. The molecule has 5 rings (SSSR count). The fourth-order valence-corrected chi connectivity index (χ4v) is 3.63. The Balaban J connectivity index is 1.22. The molecule has 0 spiro atoms. The number of fused-ring (bicyclic) bond motifs is 1. The summed E-state index contributed by atoms with van der Waals surface area (Å²) in [4.78, 5) is 23.7. The zero-order valence-corrected chi connectivity index (χ0v) is 15.6. The molecular weight excluding hydrogens is 356 g/mol. The van der Waals surface area contributed by atoms with Gasteiger partial charge >= 0.3 is 0 Å². The number of pyridine rings is 1. The Hall–Kier alpha value is -2.80. The van der Waals surface area contributed by atoms with E-state index in [1.54, 1.807) is 6.07 Å². The van der Waals surface area contributed by atoms with Crippen LogP contribution in [0.15, 0.2) is 40.9 Å². The number of carbonyl (C=O) groups is 1. The smallest absolute Gasteiger partial charge is 0.272 e.